The van der Waals surface area contributed by atoms with Gasteiger partial charge in [0, 0.05) is 31.7 Å². The highest BCUT2D eigenvalue weighted by Crippen LogP contribution is 2.11. The van der Waals surface area contributed by atoms with E-state index in [0.29, 0.717) is 5.56 Å². The number of amides is 1. The van der Waals surface area contributed by atoms with Crippen molar-refractivity contribution in [1.82, 2.24) is 15.3 Å². The van der Waals surface area contributed by atoms with Gasteiger partial charge in [-0.05, 0) is 25.2 Å². The molecule has 5 nitrogen and oxygen atoms in total. The second-order valence-electron chi connectivity index (χ2n) is 4.88. The van der Waals surface area contributed by atoms with Gasteiger partial charge in [0.1, 0.15) is 12.4 Å². The Morgan fingerprint density at radius 2 is 2.10 bits per heavy atom. The Bertz CT molecular complexity index is 572. The lowest BCUT2D eigenvalue weighted by molar-refractivity contribution is 0.0662. The van der Waals surface area contributed by atoms with E-state index in [0.717, 1.165) is 26.2 Å². The SMILES string of the molecule is CN1CCN(NC(=O)c2ccc(F)cc2C#CCO)CC1. The number of hydrogen-bond donors (Lipinski definition) is 2. The summed E-state index contributed by atoms with van der Waals surface area (Å²) in [5.74, 6) is 4.25. The van der Waals surface area contributed by atoms with Crippen LogP contribution in [0.1, 0.15) is 15.9 Å². The molecular formula is C15H18FN3O2. The van der Waals surface area contributed by atoms with E-state index < -0.39 is 5.82 Å². The topological polar surface area (TPSA) is 55.8 Å². The molecule has 0 saturated carbocycles. The third kappa shape index (κ3) is 4.26. The van der Waals surface area contributed by atoms with E-state index >= 15 is 0 Å². The van der Waals surface area contributed by atoms with Gasteiger partial charge < -0.3 is 10.0 Å². The van der Waals surface area contributed by atoms with Crippen molar-refractivity contribution in [3.63, 3.8) is 0 Å². The Balaban J connectivity index is 2.11. The van der Waals surface area contributed by atoms with E-state index in [2.05, 4.69) is 22.2 Å². The zero-order valence-electron chi connectivity index (χ0n) is 11.9. The summed E-state index contributed by atoms with van der Waals surface area (Å²) in [6.07, 6.45) is 0. The van der Waals surface area contributed by atoms with Crippen molar-refractivity contribution in [3.8, 4) is 11.8 Å². The molecule has 1 heterocycles. The van der Waals surface area contributed by atoms with Crippen LogP contribution in [-0.4, -0.2) is 60.8 Å². The molecule has 0 bridgehead atoms. The van der Waals surface area contributed by atoms with E-state index in [9.17, 15) is 9.18 Å². The van der Waals surface area contributed by atoms with E-state index in [1.54, 1.807) is 0 Å². The van der Waals surface area contributed by atoms with Gasteiger partial charge in [-0.15, -0.1) is 0 Å². The third-order valence-electron chi connectivity index (χ3n) is 3.29. The molecule has 1 saturated heterocycles. The van der Waals surface area contributed by atoms with Crippen LogP contribution in [0.3, 0.4) is 0 Å². The Hall–Kier alpha value is -1.94. The predicted molar refractivity (Wildman–Crippen MR) is 76.9 cm³/mol. The molecule has 1 amide bonds. The van der Waals surface area contributed by atoms with Gasteiger partial charge in [0.15, 0.2) is 0 Å². The first kappa shape index (κ1) is 15.4. The summed E-state index contributed by atoms with van der Waals surface area (Å²) in [5.41, 5.74) is 3.38. The number of halogens is 1. The molecule has 0 aliphatic carbocycles. The zero-order chi connectivity index (χ0) is 15.2. The average Bonchev–Trinajstić information content (AvgIpc) is 2.47. The minimum absolute atomic E-state index is 0.274. The van der Waals surface area contributed by atoms with E-state index in [4.69, 9.17) is 5.11 Å². The highest BCUT2D eigenvalue weighted by atomic mass is 19.1. The lowest BCUT2D eigenvalue weighted by atomic mass is 10.1. The molecule has 21 heavy (non-hydrogen) atoms. The minimum Gasteiger partial charge on any atom is -0.384 e. The molecule has 0 radical (unpaired) electrons. The molecule has 1 fully saturated rings. The number of aliphatic hydroxyl groups is 1. The van der Waals surface area contributed by atoms with E-state index in [1.165, 1.54) is 18.2 Å². The van der Waals surface area contributed by atoms with E-state index in [1.807, 2.05) is 12.1 Å². The molecule has 0 atom stereocenters. The number of rotatable bonds is 2. The normalized spacial score (nSPS) is 16.1. The molecule has 2 N–H and O–H groups in total. The highest BCUT2D eigenvalue weighted by molar-refractivity contribution is 5.96. The van der Waals surface area contributed by atoms with Crippen molar-refractivity contribution in [2.24, 2.45) is 0 Å². The second kappa shape index (κ2) is 7.18. The maximum atomic E-state index is 13.3. The Labute approximate surface area is 123 Å². The van der Waals surface area contributed by atoms with Crippen molar-refractivity contribution >= 4 is 5.91 Å². The van der Waals surface area contributed by atoms with Crippen LogP contribution in [-0.2, 0) is 0 Å². The molecule has 2 rings (SSSR count). The first-order valence-electron chi connectivity index (χ1n) is 6.74. The maximum Gasteiger partial charge on any atom is 0.266 e. The smallest absolute Gasteiger partial charge is 0.266 e. The lowest BCUT2D eigenvalue weighted by Gasteiger charge is -2.32. The number of carbonyl (C=O) groups excluding carboxylic acids is 1. The van der Waals surface area contributed by atoms with Gasteiger partial charge in [-0.25, -0.2) is 9.40 Å². The third-order valence-corrected chi connectivity index (χ3v) is 3.29. The summed E-state index contributed by atoms with van der Waals surface area (Å²) in [7, 11) is 2.03. The number of piperazine rings is 1. The van der Waals surface area contributed by atoms with Gasteiger partial charge >= 0.3 is 0 Å². The molecule has 1 aliphatic heterocycles. The standard InChI is InChI=1S/C15H18FN3O2/c1-18-6-8-19(9-7-18)17-15(21)14-5-4-13(16)11-12(14)3-2-10-20/h4-5,11,20H,6-10H2,1H3,(H,17,21). The summed E-state index contributed by atoms with van der Waals surface area (Å²) < 4.78 is 13.3. The predicted octanol–water partition coefficient (Wildman–Crippen LogP) is 0.0617. The zero-order valence-corrected chi connectivity index (χ0v) is 11.9. The number of nitrogens with zero attached hydrogens (tertiary/aromatic N) is 2. The summed E-state index contributed by atoms with van der Waals surface area (Å²) in [4.78, 5) is 14.4. The lowest BCUT2D eigenvalue weighted by Crippen LogP contribution is -2.52. The van der Waals surface area contributed by atoms with Crippen LogP contribution in [0, 0.1) is 17.7 Å². The molecule has 0 aromatic heterocycles. The van der Waals surface area contributed by atoms with Crippen LogP contribution < -0.4 is 5.43 Å². The Morgan fingerprint density at radius 3 is 2.76 bits per heavy atom. The number of hydrazine groups is 1. The van der Waals surface area contributed by atoms with Crippen molar-refractivity contribution < 1.29 is 14.3 Å². The molecule has 1 aromatic carbocycles. The summed E-state index contributed by atoms with van der Waals surface area (Å²) >= 11 is 0. The molecule has 112 valence electrons. The molecule has 1 aliphatic rings. The van der Waals surface area contributed by atoms with Gasteiger partial charge in [0.25, 0.3) is 5.91 Å². The quantitative estimate of drug-likeness (QED) is 0.757. The maximum absolute atomic E-state index is 13.3. The Morgan fingerprint density at radius 1 is 1.38 bits per heavy atom. The van der Waals surface area contributed by atoms with Gasteiger partial charge in [0.2, 0.25) is 0 Å². The van der Waals surface area contributed by atoms with Crippen LogP contribution in [0.15, 0.2) is 18.2 Å². The van der Waals surface area contributed by atoms with Gasteiger partial charge in [-0.2, -0.15) is 0 Å². The van der Waals surface area contributed by atoms with Crippen molar-refractivity contribution in [2.45, 2.75) is 0 Å². The first-order chi connectivity index (χ1) is 10.1. The Kier molecular flexibility index (Phi) is 5.28. The summed E-state index contributed by atoms with van der Waals surface area (Å²) in [6.45, 7) is 2.89. The number of benzene rings is 1. The molecular weight excluding hydrogens is 273 g/mol. The molecule has 6 heteroatoms. The number of nitrogens with one attached hydrogen (secondary N) is 1. The van der Waals surface area contributed by atoms with Crippen molar-refractivity contribution in [3.05, 3.63) is 35.1 Å². The molecule has 0 spiro atoms. The van der Waals surface area contributed by atoms with Crippen LogP contribution in [0.25, 0.3) is 0 Å². The fourth-order valence-corrected chi connectivity index (χ4v) is 2.07. The monoisotopic (exact) mass is 291 g/mol. The summed E-state index contributed by atoms with van der Waals surface area (Å²) in [6, 6.07) is 3.83. The largest absolute Gasteiger partial charge is 0.384 e. The van der Waals surface area contributed by atoms with Crippen LogP contribution in [0.2, 0.25) is 0 Å². The van der Waals surface area contributed by atoms with Gasteiger partial charge in [0.05, 0.1) is 5.56 Å². The minimum atomic E-state index is -0.464. The van der Waals surface area contributed by atoms with Crippen molar-refractivity contribution in [1.29, 1.82) is 0 Å². The number of carbonyl (C=O) groups is 1. The molecule has 1 aromatic rings. The fourth-order valence-electron chi connectivity index (χ4n) is 2.07. The van der Waals surface area contributed by atoms with Crippen LogP contribution in [0.4, 0.5) is 4.39 Å². The highest BCUT2D eigenvalue weighted by Gasteiger charge is 2.18. The van der Waals surface area contributed by atoms with Crippen LogP contribution in [0.5, 0.6) is 0 Å². The fraction of sp³-hybridized carbons (Fsp3) is 0.400. The number of likely N-dealkylation sites (N-methyl/N-ethyl adjacent to an activating group) is 1. The van der Waals surface area contributed by atoms with Gasteiger partial charge in [-0.3, -0.25) is 10.2 Å². The van der Waals surface area contributed by atoms with E-state index in [-0.39, 0.29) is 18.1 Å². The number of aliphatic hydroxyl groups excluding tert-OH is 1. The first-order valence-corrected chi connectivity index (χ1v) is 6.74. The summed E-state index contributed by atoms with van der Waals surface area (Å²) in [5, 5.41) is 10.6. The van der Waals surface area contributed by atoms with Gasteiger partial charge in [-0.1, -0.05) is 11.8 Å². The average molecular weight is 291 g/mol. The second-order valence-corrected chi connectivity index (χ2v) is 4.88. The van der Waals surface area contributed by atoms with Crippen molar-refractivity contribution in [2.75, 3.05) is 39.8 Å². The van der Waals surface area contributed by atoms with Crippen LogP contribution >= 0.6 is 0 Å². The number of hydrogen-bond acceptors (Lipinski definition) is 4. The molecule has 0 unspecified atom stereocenters.